The number of hydrogen-bond acceptors (Lipinski definition) is 2. The Labute approximate surface area is 162 Å². The molecule has 0 atom stereocenters. The van der Waals surface area contributed by atoms with Crippen molar-refractivity contribution in [1.82, 2.24) is 4.57 Å². The molecule has 1 aromatic heterocycles. The van der Waals surface area contributed by atoms with Crippen LogP contribution in [-0.2, 0) is 6.18 Å². The minimum absolute atomic E-state index is 0.0103. The van der Waals surface area contributed by atoms with Crippen LogP contribution in [0.1, 0.15) is 36.4 Å². The van der Waals surface area contributed by atoms with Crippen molar-refractivity contribution in [3.05, 3.63) is 71.0 Å². The largest absolute Gasteiger partial charge is 0.508 e. The second-order valence-corrected chi connectivity index (χ2v) is 6.03. The molecule has 0 saturated carbocycles. The molecule has 0 aliphatic heterocycles. The molecule has 3 nitrogen and oxygen atoms in total. The van der Waals surface area contributed by atoms with E-state index in [1.165, 1.54) is 24.3 Å². The van der Waals surface area contributed by atoms with E-state index < -0.39 is 11.7 Å². The first kappa shape index (κ1) is 21.1. The SMILES string of the molecule is CC.Cc1ccc(C)n1-c1c(C#N)cc(C(F)(F)F)cc1-c1ccc(O)cc1. The second kappa shape index (κ2) is 8.22. The smallest absolute Gasteiger partial charge is 0.416 e. The minimum atomic E-state index is -4.57. The number of phenolic OH excluding ortho intramolecular Hbond substituents is 1. The zero-order valence-electron chi connectivity index (χ0n) is 16.1. The van der Waals surface area contributed by atoms with Gasteiger partial charge in [-0.15, -0.1) is 0 Å². The molecule has 0 radical (unpaired) electrons. The number of nitriles is 1. The van der Waals surface area contributed by atoms with Crippen LogP contribution in [0.3, 0.4) is 0 Å². The summed E-state index contributed by atoms with van der Waals surface area (Å²) in [5, 5.41) is 19.0. The Bertz CT molecular complexity index is 990. The molecule has 0 spiro atoms. The van der Waals surface area contributed by atoms with Gasteiger partial charge in [0.15, 0.2) is 0 Å². The van der Waals surface area contributed by atoms with E-state index in [2.05, 4.69) is 0 Å². The fraction of sp³-hybridized carbons (Fsp3) is 0.227. The summed E-state index contributed by atoms with van der Waals surface area (Å²) in [7, 11) is 0. The molecule has 0 bridgehead atoms. The number of halogens is 3. The first-order valence-corrected chi connectivity index (χ1v) is 8.82. The third-order valence-corrected chi connectivity index (χ3v) is 4.23. The van der Waals surface area contributed by atoms with Gasteiger partial charge in [-0.1, -0.05) is 26.0 Å². The molecule has 0 fully saturated rings. The van der Waals surface area contributed by atoms with Gasteiger partial charge in [0, 0.05) is 17.0 Å². The molecule has 1 N–H and O–H groups in total. The summed E-state index contributed by atoms with van der Waals surface area (Å²) in [6.07, 6.45) is -4.57. The number of aromatic hydroxyl groups is 1. The summed E-state index contributed by atoms with van der Waals surface area (Å²) in [5.41, 5.74) is 1.81. The molecular weight excluding hydrogens is 365 g/mol. The highest BCUT2D eigenvalue weighted by Crippen LogP contribution is 2.38. The van der Waals surface area contributed by atoms with Crippen molar-refractivity contribution in [1.29, 1.82) is 5.26 Å². The number of alkyl halides is 3. The number of phenols is 1. The van der Waals surface area contributed by atoms with E-state index in [9.17, 15) is 23.5 Å². The van der Waals surface area contributed by atoms with Crippen molar-refractivity contribution in [2.75, 3.05) is 0 Å². The van der Waals surface area contributed by atoms with Crippen molar-refractivity contribution in [2.24, 2.45) is 0 Å². The van der Waals surface area contributed by atoms with Crippen molar-refractivity contribution in [3.63, 3.8) is 0 Å². The maximum atomic E-state index is 13.3. The van der Waals surface area contributed by atoms with Gasteiger partial charge in [0.25, 0.3) is 0 Å². The highest BCUT2D eigenvalue weighted by atomic mass is 19.4. The Morgan fingerprint density at radius 3 is 1.93 bits per heavy atom. The highest BCUT2D eigenvalue weighted by molar-refractivity contribution is 5.78. The van der Waals surface area contributed by atoms with Crippen LogP contribution in [0, 0.1) is 25.2 Å². The van der Waals surface area contributed by atoms with Gasteiger partial charge in [0.2, 0.25) is 0 Å². The summed E-state index contributed by atoms with van der Waals surface area (Å²) in [6.45, 7) is 7.65. The lowest BCUT2D eigenvalue weighted by Crippen LogP contribution is -2.10. The van der Waals surface area contributed by atoms with Crippen molar-refractivity contribution in [3.8, 4) is 28.6 Å². The zero-order chi connectivity index (χ0) is 21.1. The van der Waals surface area contributed by atoms with Crippen LogP contribution in [-0.4, -0.2) is 9.67 Å². The van der Waals surface area contributed by atoms with Gasteiger partial charge in [0.05, 0.1) is 16.8 Å². The molecule has 0 aliphatic carbocycles. The third-order valence-electron chi connectivity index (χ3n) is 4.23. The molecule has 1 heterocycles. The second-order valence-electron chi connectivity index (χ2n) is 6.03. The number of rotatable bonds is 2. The Balaban J connectivity index is 0.00000136. The van der Waals surface area contributed by atoms with Gasteiger partial charge in [-0.2, -0.15) is 18.4 Å². The van der Waals surface area contributed by atoms with Crippen LogP contribution >= 0.6 is 0 Å². The maximum Gasteiger partial charge on any atom is 0.416 e. The van der Waals surface area contributed by atoms with Crippen molar-refractivity contribution >= 4 is 0 Å². The van der Waals surface area contributed by atoms with Crippen LogP contribution in [0.5, 0.6) is 5.75 Å². The molecule has 0 aliphatic rings. The topological polar surface area (TPSA) is 49.0 Å². The monoisotopic (exact) mass is 386 g/mol. The van der Waals surface area contributed by atoms with E-state index in [4.69, 9.17) is 0 Å². The summed E-state index contributed by atoms with van der Waals surface area (Å²) < 4.78 is 41.8. The normalized spacial score (nSPS) is 10.8. The van der Waals surface area contributed by atoms with E-state index in [0.29, 0.717) is 11.3 Å². The van der Waals surface area contributed by atoms with Crippen LogP contribution in [0.4, 0.5) is 13.2 Å². The predicted molar refractivity (Wildman–Crippen MR) is 103 cm³/mol. The van der Waals surface area contributed by atoms with Gasteiger partial charge >= 0.3 is 6.18 Å². The summed E-state index contributed by atoms with van der Waals surface area (Å²) in [6, 6.07) is 13.4. The Hall–Kier alpha value is -3.20. The number of hydrogen-bond donors (Lipinski definition) is 1. The van der Waals surface area contributed by atoms with Crippen LogP contribution in [0.2, 0.25) is 0 Å². The third kappa shape index (κ3) is 4.04. The van der Waals surface area contributed by atoms with Gasteiger partial charge in [-0.3, -0.25) is 0 Å². The first-order valence-electron chi connectivity index (χ1n) is 8.82. The fourth-order valence-corrected chi connectivity index (χ4v) is 3.01. The average Bonchev–Trinajstić information content (AvgIpc) is 3.00. The highest BCUT2D eigenvalue weighted by Gasteiger charge is 2.33. The molecule has 6 heteroatoms. The number of aryl methyl sites for hydroxylation is 2. The van der Waals surface area contributed by atoms with Crippen LogP contribution < -0.4 is 0 Å². The molecule has 0 unspecified atom stereocenters. The lowest BCUT2D eigenvalue weighted by Gasteiger charge is -2.19. The molecule has 2 aromatic carbocycles. The minimum Gasteiger partial charge on any atom is -0.508 e. The lowest BCUT2D eigenvalue weighted by molar-refractivity contribution is -0.137. The maximum absolute atomic E-state index is 13.3. The zero-order valence-corrected chi connectivity index (χ0v) is 16.1. The van der Waals surface area contributed by atoms with E-state index in [-0.39, 0.29) is 16.9 Å². The van der Waals surface area contributed by atoms with E-state index in [0.717, 1.165) is 23.5 Å². The average molecular weight is 386 g/mol. The van der Waals surface area contributed by atoms with E-state index in [1.807, 2.05) is 45.9 Å². The molecule has 0 amide bonds. The quantitative estimate of drug-likeness (QED) is 0.555. The van der Waals surface area contributed by atoms with E-state index in [1.54, 1.807) is 4.57 Å². The molecule has 0 saturated heterocycles. The standard InChI is InChI=1S/C20H15F3N2O.C2H6/c1-12-3-4-13(2)25(12)19-15(11-24)9-16(20(21,22)23)10-18(19)14-5-7-17(26)8-6-14;1-2/h3-10,26H,1-2H3;1-2H3. The predicted octanol–water partition coefficient (Wildman–Crippen LogP) is 6.38. The fourth-order valence-electron chi connectivity index (χ4n) is 3.01. The Morgan fingerprint density at radius 2 is 1.46 bits per heavy atom. The lowest BCUT2D eigenvalue weighted by atomic mass is 9.96. The van der Waals surface area contributed by atoms with Gasteiger partial charge in [-0.25, -0.2) is 0 Å². The van der Waals surface area contributed by atoms with Gasteiger partial charge in [0.1, 0.15) is 11.8 Å². The van der Waals surface area contributed by atoms with Crippen molar-refractivity contribution in [2.45, 2.75) is 33.9 Å². The van der Waals surface area contributed by atoms with E-state index >= 15 is 0 Å². The summed E-state index contributed by atoms with van der Waals surface area (Å²) in [4.78, 5) is 0. The molecule has 3 aromatic rings. The van der Waals surface area contributed by atoms with Crippen LogP contribution in [0.15, 0.2) is 48.5 Å². The Morgan fingerprint density at radius 1 is 0.929 bits per heavy atom. The number of aromatic nitrogens is 1. The molecular formula is C22H21F3N2O. The number of benzene rings is 2. The van der Waals surface area contributed by atoms with Gasteiger partial charge in [-0.05, 0) is 55.8 Å². The van der Waals surface area contributed by atoms with Gasteiger partial charge < -0.3 is 9.67 Å². The number of nitrogens with zero attached hydrogens (tertiary/aromatic N) is 2. The Kier molecular flexibility index (Phi) is 6.19. The summed E-state index contributed by atoms with van der Waals surface area (Å²) >= 11 is 0. The first-order chi connectivity index (χ1) is 13.2. The molecule has 146 valence electrons. The van der Waals surface area contributed by atoms with Crippen LogP contribution in [0.25, 0.3) is 16.8 Å². The summed E-state index contributed by atoms with van der Waals surface area (Å²) in [5.74, 6) is 0.0103. The molecule has 3 rings (SSSR count). The van der Waals surface area contributed by atoms with Crippen molar-refractivity contribution < 1.29 is 18.3 Å². The molecule has 28 heavy (non-hydrogen) atoms.